The molecule has 2 aliphatic rings. The highest BCUT2D eigenvalue weighted by Crippen LogP contribution is 2.32. The van der Waals surface area contributed by atoms with E-state index in [-0.39, 0.29) is 24.1 Å². The van der Waals surface area contributed by atoms with Crippen LogP contribution in [0.5, 0.6) is 5.75 Å². The Labute approximate surface area is 101 Å². The van der Waals surface area contributed by atoms with Gasteiger partial charge in [-0.05, 0) is 31.9 Å². The molecular weight excluding hydrogens is 216 g/mol. The van der Waals surface area contributed by atoms with E-state index in [1.807, 2.05) is 24.3 Å². The molecule has 2 heterocycles. The van der Waals surface area contributed by atoms with Gasteiger partial charge in [-0.2, -0.15) is 0 Å². The fourth-order valence-electron chi connectivity index (χ4n) is 2.61. The van der Waals surface area contributed by atoms with Gasteiger partial charge in [-0.25, -0.2) is 0 Å². The quantitative estimate of drug-likeness (QED) is 0.746. The lowest BCUT2D eigenvalue weighted by Crippen LogP contribution is -2.37. The summed E-state index contributed by atoms with van der Waals surface area (Å²) in [5.41, 5.74) is 0.704. The molecule has 3 heteroatoms. The van der Waals surface area contributed by atoms with Gasteiger partial charge in [-0.1, -0.05) is 12.1 Å². The minimum absolute atomic E-state index is 0.0716. The van der Waals surface area contributed by atoms with Gasteiger partial charge in [0.1, 0.15) is 11.9 Å². The number of ether oxygens (including phenoxy) is 2. The number of hydrogen-bond acceptors (Lipinski definition) is 3. The highest BCUT2D eigenvalue weighted by molar-refractivity contribution is 5.99. The molecule has 0 spiro atoms. The van der Waals surface area contributed by atoms with Crippen molar-refractivity contribution in [1.29, 1.82) is 0 Å². The van der Waals surface area contributed by atoms with E-state index in [2.05, 4.69) is 6.92 Å². The fourth-order valence-corrected chi connectivity index (χ4v) is 2.61. The van der Waals surface area contributed by atoms with E-state index >= 15 is 0 Å². The Morgan fingerprint density at radius 1 is 1.18 bits per heavy atom. The zero-order valence-electron chi connectivity index (χ0n) is 9.89. The Bertz CT molecular complexity index is 441. The Hall–Kier alpha value is -1.35. The van der Waals surface area contributed by atoms with E-state index in [1.54, 1.807) is 0 Å². The summed E-state index contributed by atoms with van der Waals surface area (Å²) < 4.78 is 11.7. The van der Waals surface area contributed by atoms with Crippen molar-refractivity contribution in [2.45, 2.75) is 44.5 Å². The number of fused-ring (bicyclic) bond motifs is 1. The van der Waals surface area contributed by atoms with Crippen LogP contribution in [0.1, 0.15) is 36.5 Å². The molecule has 1 aromatic rings. The lowest BCUT2D eigenvalue weighted by molar-refractivity contribution is -0.0214. The third kappa shape index (κ3) is 1.95. The van der Waals surface area contributed by atoms with Crippen LogP contribution in [0.25, 0.3) is 0 Å². The fraction of sp³-hybridized carbons (Fsp3) is 0.500. The molecule has 2 aliphatic heterocycles. The van der Waals surface area contributed by atoms with Crippen molar-refractivity contribution in [2.24, 2.45) is 0 Å². The molecule has 0 amide bonds. The SMILES string of the molecule is CC1CCC(C2CC(=O)c3ccccc3O2)O1. The molecule has 3 unspecified atom stereocenters. The Morgan fingerprint density at radius 3 is 2.76 bits per heavy atom. The first kappa shape index (κ1) is 10.8. The van der Waals surface area contributed by atoms with Crippen molar-refractivity contribution in [3.8, 4) is 5.75 Å². The Morgan fingerprint density at radius 2 is 2.00 bits per heavy atom. The van der Waals surface area contributed by atoms with Gasteiger partial charge in [-0.15, -0.1) is 0 Å². The Kier molecular flexibility index (Phi) is 2.63. The van der Waals surface area contributed by atoms with Gasteiger partial charge in [0.15, 0.2) is 5.78 Å². The van der Waals surface area contributed by atoms with Crippen molar-refractivity contribution in [3.05, 3.63) is 29.8 Å². The number of ketones is 1. The summed E-state index contributed by atoms with van der Waals surface area (Å²) in [4.78, 5) is 12.0. The first-order valence-electron chi connectivity index (χ1n) is 6.18. The molecule has 0 saturated carbocycles. The van der Waals surface area contributed by atoms with Gasteiger partial charge in [-0.3, -0.25) is 4.79 Å². The molecule has 0 radical (unpaired) electrons. The van der Waals surface area contributed by atoms with Gasteiger partial charge < -0.3 is 9.47 Å². The van der Waals surface area contributed by atoms with E-state index in [0.717, 1.165) is 12.8 Å². The number of para-hydroxylation sites is 1. The molecule has 0 aromatic heterocycles. The second-order valence-electron chi connectivity index (χ2n) is 4.84. The van der Waals surface area contributed by atoms with Crippen LogP contribution in [0.4, 0.5) is 0 Å². The average Bonchev–Trinajstić information content (AvgIpc) is 2.76. The summed E-state index contributed by atoms with van der Waals surface area (Å²) >= 11 is 0. The number of hydrogen-bond donors (Lipinski definition) is 0. The third-order valence-electron chi connectivity index (χ3n) is 3.53. The maximum Gasteiger partial charge on any atom is 0.170 e. The van der Waals surface area contributed by atoms with Crippen LogP contribution in [-0.2, 0) is 4.74 Å². The van der Waals surface area contributed by atoms with Crippen molar-refractivity contribution >= 4 is 5.78 Å². The second-order valence-corrected chi connectivity index (χ2v) is 4.84. The van der Waals surface area contributed by atoms with E-state index in [4.69, 9.17) is 9.47 Å². The largest absolute Gasteiger partial charge is 0.486 e. The van der Waals surface area contributed by atoms with Crippen molar-refractivity contribution in [3.63, 3.8) is 0 Å². The summed E-state index contributed by atoms with van der Waals surface area (Å²) in [5.74, 6) is 0.872. The zero-order valence-corrected chi connectivity index (χ0v) is 9.89. The predicted molar refractivity (Wildman–Crippen MR) is 63.4 cm³/mol. The van der Waals surface area contributed by atoms with Crippen LogP contribution in [0, 0.1) is 0 Å². The average molecular weight is 232 g/mol. The van der Waals surface area contributed by atoms with Crippen LogP contribution < -0.4 is 4.74 Å². The van der Waals surface area contributed by atoms with Crippen LogP contribution in [0.2, 0.25) is 0 Å². The van der Waals surface area contributed by atoms with Crippen molar-refractivity contribution < 1.29 is 14.3 Å². The molecule has 0 N–H and O–H groups in total. The lowest BCUT2D eigenvalue weighted by Gasteiger charge is -2.29. The molecule has 0 aliphatic carbocycles. The lowest BCUT2D eigenvalue weighted by atomic mass is 9.96. The number of carbonyl (C=O) groups excluding carboxylic acids is 1. The molecule has 1 saturated heterocycles. The van der Waals surface area contributed by atoms with Gasteiger partial charge in [0.05, 0.1) is 24.2 Å². The highest BCUT2D eigenvalue weighted by Gasteiger charge is 2.36. The molecule has 17 heavy (non-hydrogen) atoms. The van der Waals surface area contributed by atoms with Crippen LogP contribution in [-0.4, -0.2) is 24.1 Å². The highest BCUT2D eigenvalue weighted by atomic mass is 16.6. The maximum atomic E-state index is 12.0. The third-order valence-corrected chi connectivity index (χ3v) is 3.53. The van der Waals surface area contributed by atoms with E-state index in [1.165, 1.54) is 0 Å². The topological polar surface area (TPSA) is 35.5 Å². The first-order chi connectivity index (χ1) is 8.24. The van der Waals surface area contributed by atoms with Gasteiger partial charge in [0.25, 0.3) is 0 Å². The normalized spacial score (nSPS) is 32.1. The van der Waals surface area contributed by atoms with Crippen molar-refractivity contribution in [2.75, 3.05) is 0 Å². The molecule has 3 atom stereocenters. The van der Waals surface area contributed by atoms with E-state index in [9.17, 15) is 4.79 Å². The number of benzene rings is 1. The minimum atomic E-state index is -0.109. The molecular formula is C14H16O3. The minimum Gasteiger partial charge on any atom is -0.486 e. The second kappa shape index (κ2) is 4.15. The van der Waals surface area contributed by atoms with Crippen molar-refractivity contribution in [1.82, 2.24) is 0 Å². The maximum absolute atomic E-state index is 12.0. The molecule has 1 fully saturated rings. The molecule has 3 nitrogen and oxygen atoms in total. The van der Waals surface area contributed by atoms with Crippen LogP contribution >= 0.6 is 0 Å². The predicted octanol–water partition coefficient (Wildman–Crippen LogP) is 2.59. The molecule has 1 aromatic carbocycles. The summed E-state index contributed by atoms with van der Waals surface area (Å²) in [6, 6.07) is 7.45. The Balaban J connectivity index is 1.81. The van der Waals surface area contributed by atoms with Crippen LogP contribution in [0.3, 0.4) is 0 Å². The summed E-state index contributed by atoms with van der Waals surface area (Å²) in [7, 11) is 0. The molecule has 0 bridgehead atoms. The monoisotopic (exact) mass is 232 g/mol. The summed E-state index contributed by atoms with van der Waals surface area (Å²) in [6.07, 6.45) is 2.73. The van der Waals surface area contributed by atoms with E-state index < -0.39 is 0 Å². The molecule has 3 rings (SSSR count). The first-order valence-corrected chi connectivity index (χ1v) is 6.18. The smallest absolute Gasteiger partial charge is 0.170 e. The number of carbonyl (C=O) groups is 1. The van der Waals surface area contributed by atoms with E-state index in [0.29, 0.717) is 17.7 Å². The summed E-state index contributed by atoms with van der Waals surface area (Å²) in [5, 5.41) is 0. The summed E-state index contributed by atoms with van der Waals surface area (Å²) in [6.45, 7) is 2.07. The van der Waals surface area contributed by atoms with Crippen LogP contribution in [0.15, 0.2) is 24.3 Å². The number of rotatable bonds is 1. The zero-order chi connectivity index (χ0) is 11.8. The standard InChI is InChI=1S/C14H16O3/c1-9-6-7-13(16-9)14-8-11(15)10-4-2-3-5-12(10)17-14/h2-5,9,13-14H,6-8H2,1H3. The van der Waals surface area contributed by atoms with Gasteiger partial charge in [0.2, 0.25) is 0 Å². The number of Topliss-reactive ketones (excluding diaryl/α,β-unsaturated/α-hetero) is 1. The van der Waals surface area contributed by atoms with Gasteiger partial charge in [0, 0.05) is 0 Å². The van der Waals surface area contributed by atoms with Gasteiger partial charge >= 0.3 is 0 Å². The molecule has 90 valence electrons.